The molecule has 0 bridgehead atoms. The van der Waals surface area contributed by atoms with Crippen LogP contribution in [0.1, 0.15) is 24.8 Å². The van der Waals surface area contributed by atoms with Crippen molar-refractivity contribution in [2.24, 2.45) is 0 Å². The molecule has 8 nitrogen and oxygen atoms in total. The average molecular weight is 482 g/mol. The molecule has 2 N–H and O–H groups in total. The third kappa shape index (κ3) is 5.98. The van der Waals surface area contributed by atoms with Gasteiger partial charge in [-0.05, 0) is 47.5 Å². The summed E-state index contributed by atoms with van der Waals surface area (Å²) in [5, 5.41) is 7.59. The van der Waals surface area contributed by atoms with Crippen LogP contribution in [-0.4, -0.2) is 66.2 Å². The molecule has 2 aliphatic rings. The van der Waals surface area contributed by atoms with Gasteiger partial charge in [-0.25, -0.2) is 0 Å². The van der Waals surface area contributed by atoms with Gasteiger partial charge in [-0.2, -0.15) is 0 Å². The number of fused-ring (bicyclic) bond motifs is 1. The molecule has 0 spiro atoms. The first-order chi connectivity index (χ1) is 16.5. The zero-order chi connectivity index (χ0) is 23.9. The van der Waals surface area contributed by atoms with Crippen LogP contribution in [0, 0.1) is 0 Å². The molecule has 0 saturated carbocycles. The molecule has 2 amide bonds. The number of ether oxygens (including phenoxy) is 2. The van der Waals surface area contributed by atoms with Crippen molar-refractivity contribution in [3.8, 4) is 0 Å². The van der Waals surface area contributed by atoms with E-state index in [1.54, 1.807) is 11.0 Å². The molecule has 2 heterocycles. The average Bonchev–Trinajstić information content (AvgIpc) is 3.36. The first-order valence-electron chi connectivity index (χ1n) is 11.3. The van der Waals surface area contributed by atoms with Crippen LogP contribution in [0.25, 0.3) is 16.8 Å². The molecule has 34 heavy (non-hydrogen) atoms. The van der Waals surface area contributed by atoms with E-state index in [-0.39, 0.29) is 30.2 Å². The highest BCUT2D eigenvalue weighted by molar-refractivity contribution is 7.80. The molecule has 2 saturated heterocycles. The van der Waals surface area contributed by atoms with Gasteiger partial charge < -0.3 is 19.7 Å². The smallest absolute Gasteiger partial charge is 0.308 e. The molecule has 2 atom stereocenters. The van der Waals surface area contributed by atoms with E-state index in [4.69, 9.17) is 21.7 Å². The molecule has 0 radical (unpaired) electrons. The summed E-state index contributed by atoms with van der Waals surface area (Å²) in [5.41, 5.74) is 0.906. The molecule has 178 valence electrons. The Bertz CT molecular complexity index is 1110. The summed E-state index contributed by atoms with van der Waals surface area (Å²) in [6, 6.07) is 12.9. The number of thiocarbonyl (C=S) groups is 1. The highest BCUT2D eigenvalue weighted by Crippen LogP contribution is 2.19. The summed E-state index contributed by atoms with van der Waals surface area (Å²) < 4.78 is 10.8. The molecule has 2 fully saturated rings. The monoisotopic (exact) mass is 481 g/mol. The molecular formula is C25H27N3O5S. The van der Waals surface area contributed by atoms with Crippen molar-refractivity contribution in [2.75, 3.05) is 26.3 Å². The standard InChI is InChI=1S/C25H27N3O5S/c29-22(11-10-18-7-3-6-17-5-1-2-9-20(17)18)27-25(34)28-13-12-26-24(31)21(28)15-23(30)33-16-19-8-4-14-32-19/h1-3,5-7,9-11,19,21H,4,8,12-16H2,(H,26,31)(H,27,29,34)/b11-10+/t19-,21-/m1/s1. The third-order valence-electron chi connectivity index (χ3n) is 5.87. The van der Waals surface area contributed by atoms with Crippen molar-refractivity contribution < 1.29 is 23.9 Å². The lowest BCUT2D eigenvalue weighted by atomic mass is 10.0. The first kappa shape index (κ1) is 23.8. The van der Waals surface area contributed by atoms with Gasteiger partial charge in [-0.3, -0.25) is 19.7 Å². The molecule has 0 aliphatic carbocycles. The topological polar surface area (TPSA) is 97.0 Å². The Balaban J connectivity index is 1.35. The SMILES string of the molecule is O=C(/C=C/c1cccc2ccccc12)NC(=S)N1CCNC(=O)[C@H]1CC(=O)OC[C@H]1CCCO1. The molecule has 4 rings (SSSR count). The summed E-state index contributed by atoms with van der Waals surface area (Å²) in [7, 11) is 0. The predicted octanol–water partition coefficient (Wildman–Crippen LogP) is 2.17. The van der Waals surface area contributed by atoms with Crippen LogP contribution in [0.4, 0.5) is 0 Å². The van der Waals surface area contributed by atoms with Gasteiger partial charge in [-0.15, -0.1) is 0 Å². The fraction of sp³-hybridized carbons (Fsp3) is 0.360. The van der Waals surface area contributed by atoms with Crippen LogP contribution in [-0.2, 0) is 23.9 Å². The van der Waals surface area contributed by atoms with E-state index in [9.17, 15) is 14.4 Å². The maximum Gasteiger partial charge on any atom is 0.308 e. The molecule has 2 aromatic rings. The molecule has 0 unspecified atom stereocenters. The Morgan fingerprint density at radius 1 is 1.24 bits per heavy atom. The van der Waals surface area contributed by atoms with Crippen molar-refractivity contribution in [1.82, 2.24) is 15.5 Å². The van der Waals surface area contributed by atoms with Crippen molar-refractivity contribution in [1.29, 1.82) is 0 Å². The van der Waals surface area contributed by atoms with Gasteiger partial charge in [0.15, 0.2) is 5.11 Å². The molecule has 0 aromatic heterocycles. The van der Waals surface area contributed by atoms with Gasteiger partial charge in [0.25, 0.3) is 0 Å². The Morgan fingerprint density at radius 2 is 2.06 bits per heavy atom. The summed E-state index contributed by atoms with van der Waals surface area (Å²) in [4.78, 5) is 38.9. The number of nitrogens with zero attached hydrogens (tertiary/aromatic N) is 1. The van der Waals surface area contributed by atoms with E-state index in [1.165, 1.54) is 6.08 Å². The van der Waals surface area contributed by atoms with Gasteiger partial charge in [0.05, 0.1) is 12.5 Å². The highest BCUT2D eigenvalue weighted by atomic mass is 32.1. The lowest BCUT2D eigenvalue weighted by Gasteiger charge is -2.36. The van der Waals surface area contributed by atoms with Crippen LogP contribution in [0.5, 0.6) is 0 Å². The van der Waals surface area contributed by atoms with Gasteiger partial charge in [0, 0.05) is 25.8 Å². The van der Waals surface area contributed by atoms with Gasteiger partial charge in [-0.1, -0.05) is 42.5 Å². The van der Waals surface area contributed by atoms with E-state index in [0.717, 1.165) is 29.2 Å². The number of carbonyl (C=O) groups is 3. The zero-order valence-electron chi connectivity index (χ0n) is 18.7. The zero-order valence-corrected chi connectivity index (χ0v) is 19.5. The number of hydrogen-bond acceptors (Lipinski definition) is 6. The third-order valence-corrected chi connectivity index (χ3v) is 6.21. The second-order valence-electron chi connectivity index (χ2n) is 8.22. The summed E-state index contributed by atoms with van der Waals surface area (Å²) in [6.07, 6.45) is 4.68. The molecule has 9 heteroatoms. The lowest BCUT2D eigenvalue weighted by molar-refractivity contribution is -0.150. The van der Waals surface area contributed by atoms with Crippen LogP contribution in [0.15, 0.2) is 48.5 Å². The van der Waals surface area contributed by atoms with Crippen molar-refractivity contribution in [3.05, 3.63) is 54.1 Å². The highest BCUT2D eigenvalue weighted by Gasteiger charge is 2.34. The van der Waals surface area contributed by atoms with Gasteiger partial charge in [0.1, 0.15) is 12.6 Å². The number of hydrogen-bond donors (Lipinski definition) is 2. The van der Waals surface area contributed by atoms with Crippen molar-refractivity contribution in [3.63, 3.8) is 0 Å². The Labute approximate surface area is 203 Å². The number of esters is 1. The van der Waals surface area contributed by atoms with Crippen molar-refractivity contribution >= 4 is 52.0 Å². The van der Waals surface area contributed by atoms with E-state index in [2.05, 4.69) is 10.6 Å². The summed E-state index contributed by atoms with van der Waals surface area (Å²) in [6.45, 7) is 1.58. The molecule has 2 aliphatic heterocycles. The number of piperazine rings is 1. The second-order valence-corrected chi connectivity index (χ2v) is 8.61. The largest absolute Gasteiger partial charge is 0.463 e. The Hall–Kier alpha value is -3.30. The fourth-order valence-corrected chi connectivity index (χ4v) is 4.44. The second kappa shape index (κ2) is 11.2. The minimum atomic E-state index is -0.847. The summed E-state index contributed by atoms with van der Waals surface area (Å²) in [5.74, 6) is -1.25. The van der Waals surface area contributed by atoms with Crippen LogP contribution < -0.4 is 10.6 Å². The maximum atomic E-state index is 12.5. The number of nitrogens with one attached hydrogen (secondary N) is 2. The van der Waals surface area contributed by atoms with E-state index in [1.807, 2.05) is 42.5 Å². The van der Waals surface area contributed by atoms with Crippen LogP contribution in [0.2, 0.25) is 0 Å². The first-order valence-corrected chi connectivity index (χ1v) is 11.7. The minimum Gasteiger partial charge on any atom is -0.463 e. The Kier molecular flexibility index (Phi) is 7.87. The quantitative estimate of drug-likeness (QED) is 0.371. The van der Waals surface area contributed by atoms with E-state index < -0.39 is 17.9 Å². The van der Waals surface area contributed by atoms with Crippen LogP contribution in [0.3, 0.4) is 0 Å². The minimum absolute atomic E-state index is 0.0888. The van der Waals surface area contributed by atoms with Crippen LogP contribution >= 0.6 is 12.2 Å². The Morgan fingerprint density at radius 3 is 2.88 bits per heavy atom. The number of benzene rings is 2. The number of rotatable bonds is 6. The molecule has 2 aromatic carbocycles. The normalized spacial score (nSPS) is 20.4. The van der Waals surface area contributed by atoms with Crippen molar-refractivity contribution in [2.45, 2.75) is 31.4 Å². The number of amides is 2. The fourth-order valence-electron chi connectivity index (χ4n) is 4.12. The lowest BCUT2D eigenvalue weighted by Crippen LogP contribution is -2.60. The van der Waals surface area contributed by atoms with Gasteiger partial charge >= 0.3 is 5.97 Å². The predicted molar refractivity (Wildman–Crippen MR) is 132 cm³/mol. The van der Waals surface area contributed by atoms with Gasteiger partial charge in [0.2, 0.25) is 11.8 Å². The van der Waals surface area contributed by atoms with E-state index >= 15 is 0 Å². The summed E-state index contributed by atoms with van der Waals surface area (Å²) >= 11 is 5.40. The van der Waals surface area contributed by atoms with E-state index in [0.29, 0.717) is 19.7 Å². The molecular weight excluding hydrogens is 454 g/mol. The maximum absolute atomic E-state index is 12.5. The number of carbonyl (C=O) groups excluding carboxylic acids is 3.